The quantitative estimate of drug-likeness (QED) is 0.794. The van der Waals surface area contributed by atoms with Crippen LogP contribution in [-0.4, -0.2) is 25.0 Å². The molecule has 1 fully saturated rings. The molecule has 0 radical (unpaired) electrons. The van der Waals surface area contributed by atoms with E-state index >= 15 is 0 Å². The molecule has 28 heavy (non-hydrogen) atoms. The van der Waals surface area contributed by atoms with E-state index in [0.717, 1.165) is 55.5 Å². The lowest BCUT2D eigenvalue weighted by molar-refractivity contribution is -0.144. The Morgan fingerprint density at radius 2 is 1.93 bits per heavy atom. The first-order valence-electron chi connectivity index (χ1n) is 10.2. The summed E-state index contributed by atoms with van der Waals surface area (Å²) in [5, 5.41) is 3.34. The predicted octanol–water partition coefficient (Wildman–Crippen LogP) is 4.15. The maximum atomic E-state index is 13.2. The van der Waals surface area contributed by atoms with Crippen LogP contribution in [0.4, 0.5) is 0 Å². The first-order valence-corrected chi connectivity index (χ1v) is 10.2. The van der Waals surface area contributed by atoms with Gasteiger partial charge in [-0.1, -0.05) is 12.1 Å². The van der Waals surface area contributed by atoms with Crippen LogP contribution >= 0.6 is 0 Å². The van der Waals surface area contributed by atoms with Crippen LogP contribution in [0.25, 0.3) is 0 Å². The Morgan fingerprint density at radius 3 is 2.68 bits per heavy atom. The van der Waals surface area contributed by atoms with Gasteiger partial charge in [-0.3, -0.25) is 4.79 Å². The number of ether oxygens (including phenoxy) is 2. The van der Waals surface area contributed by atoms with Gasteiger partial charge in [0, 0.05) is 29.3 Å². The highest BCUT2D eigenvalue weighted by molar-refractivity contribution is 6.03. The number of carbonyl (C=O) groups excluding carboxylic acids is 2. The number of esters is 1. The van der Waals surface area contributed by atoms with Gasteiger partial charge in [0.15, 0.2) is 5.78 Å². The minimum atomic E-state index is -0.409. The first-order chi connectivity index (χ1) is 13.6. The van der Waals surface area contributed by atoms with E-state index in [-0.39, 0.29) is 17.9 Å². The summed E-state index contributed by atoms with van der Waals surface area (Å²) in [5.74, 6) is 0.102. The summed E-state index contributed by atoms with van der Waals surface area (Å²) in [6.45, 7) is 1.90. The highest BCUT2D eigenvalue weighted by atomic mass is 16.5. The highest BCUT2D eigenvalue weighted by Gasteiger charge is 2.39. The molecule has 2 aliphatic carbocycles. The van der Waals surface area contributed by atoms with E-state index in [2.05, 4.69) is 5.32 Å². The molecule has 1 saturated carbocycles. The molecule has 0 saturated heterocycles. The van der Waals surface area contributed by atoms with Crippen molar-refractivity contribution >= 4 is 11.8 Å². The number of benzene rings is 1. The lowest BCUT2D eigenvalue weighted by Crippen LogP contribution is -2.35. The van der Waals surface area contributed by atoms with E-state index < -0.39 is 5.92 Å². The molecular formula is C23H27NO4. The van der Waals surface area contributed by atoms with Crippen LogP contribution in [0.15, 0.2) is 46.8 Å². The number of ketones is 1. The molecular weight excluding hydrogens is 354 g/mol. The number of nitrogens with one attached hydrogen (secondary N) is 1. The molecule has 4 rings (SSSR count). The van der Waals surface area contributed by atoms with Gasteiger partial charge < -0.3 is 14.8 Å². The maximum Gasteiger partial charge on any atom is 0.337 e. The van der Waals surface area contributed by atoms with Crippen molar-refractivity contribution in [1.82, 2.24) is 5.32 Å². The largest absolute Gasteiger partial charge is 0.497 e. The molecule has 1 aliphatic heterocycles. The molecule has 1 aromatic rings. The Kier molecular flexibility index (Phi) is 5.25. The molecule has 1 aromatic carbocycles. The third-order valence-corrected chi connectivity index (χ3v) is 6.00. The third kappa shape index (κ3) is 3.46. The van der Waals surface area contributed by atoms with Crippen molar-refractivity contribution in [2.75, 3.05) is 7.11 Å². The summed E-state index contributed by atoms with van der Waals surface area (Å²) in [7, 11) is 1.62. The van der Waals surface area contributed by atoms with Gasteiger partial charge in [-0.05, 0) is 63.1 Å². The molecule has 0 bridgehead atoms. The minimum Gasteiger partial charge on any atom is -0.497 e. The molecule has 148 valence electrons. The Balaban J connectivity index is 1.77. The van der Waals surface area contributed by atoms with Gasteiger partial charge in [0.2, 0.25) is 0 Å². The zero-order chi connectivity index (χ0) is 19.7. The van der Waals surface area contributed by atoms with Crippen molar-refractivity contribution < 1.29 is 19.1 Å². The monoisotopic (exact) mass is 381 g/mol. The van der Waals surface area contributed by atoms with Crippen LogP contribution in [0.5, 0.6) is 5.75 Å². The highest BCUT2D eigenvalue weighted by Crippen LogP contribution is 2.43. The Labute approximate surface area is 165 Å². The Bertz CT molecular complexity index is 861. The third-order valence-electron chi connectivity index (χ3n) is 6.00. The summed E-state index contributed by atoms with van der Waals surface area (Å²) in [6.07, 6.45) is 6.20. The fraction of sp³-hybridized carbons (Fsp3) is 0.478. The fourth-order valence-electron chi connectivity index (χ4n) is 4.63. The van der Waals surface area contributed by atoms with Gasteiger partial charge in [0.25, 0.3) is 0 Å². The minimum absolute atomic E-state index is 0.0174. The number of hydrogen-bond acceptors (Lipinski definition) is 5. The SMILES string of the molecule is COc1cccc([C@@H]2C(C(=O)OC3CCCC3)=C(C)NC3=C2C(=O)CCC3)c1. The van der Waals surface area contributed by atoms with E-state index in [1.54, 1.807) is 7.11 Å². The van der Waals surface area contributed by atoms with E-state index in [1.165, 1.54) is 0 Å². The standard InChI is InChI=1S/C23H27NO4/c1-14-20(23(26)28-16-8-3-4-9-16)21(15-7-5-10-17(13-15)27-2)22-18(24-14)11-6-12-19(22)25/h5,7,10,13,16,21,24H,3-4,6,8-9,11-12H2,1-2H3/t21-/m1/s1. The van der Waals surface area contributed by atoms with Gasteiger partial charge in [0.1, 0.15) is 11.9 Å². The Hall–Kier alpha value is -2.56. The number of dihydropyridines is 1. The topological polar surface area (TPSA) is 64.6 Å². The second-order valence-corrected chi connectivity index (χ2v) is 7.85. The molecule has 3 aliphatic rings. The molecule has 0 unspecified atom stereocenters. The summed E-state index contributed by atoms with van der Waals surface area (Å²) >= 11 is 0. The van der Waals surface area contributed by atoms with Crippen molar-refractivity contribution in [2.24, 2.45) is 0 Å². The zero-order valence-electron chi connectivity index (χ0n) is 16.5. The molecule has 0 aromatic heterocycles. The smallest absolute Gasteiger partial charge is 0.337 e. The molecule has 1 heterocycles. The molecule has 0 amide bonds. The van der Waals surface area contributed by atoms with E-state index in [4.69, 9.17) is 9.47 Å². The number of hydrogen-bond donors (Lipinski definition) is 1. The lowest BCUT2D eigenvalue weighted by Gasteiger charge is -2.34. The second-order valence-electron chi connectivity index (χ2n) is 7.85. The van der Waals surface area contributed by atoms with Crippen molar-refractivity contribution in [1.29, 1.82) is 0 Å². The molecule has 5 heteroatoms. The van der Waals surface area contributed by atoms with Crippen LogP contribution in [-0.2, 0) is 14.3 Å². The van der Waals surface area contributed by atoms with E-state index in [0.29, 0.717) is 23.3 Å². The number of rotatable bonds is 4. The lowest BCUT2D eigenvalue weighted by atomic mass is 9.75. The van der Waals surface area contributed by atoms with Crippen LogP contribution in [0.1, 0.15) is 63.4 Å². The van der Waals surface area contributed by atoms with Crippen LogP contribution in [0.2, 0.25) is 0 Å². The molecule has 5 nitrogen and oxygen atoms in total. The van der Waals surface area contributed by atoms with Crippen LogP contribution in [0, 0.1) is 0 Å². The van der Waals surface area contributed by atoms with Gasteiger partial charge in [-0.25, -0.2) is 4.79 Å². The van der Waals surface area contributed by atoms with Crippen molar-refractivity contribution in [2.45, 2.75) is 63.9 Å². The normalized spacial score (nSPS) is 22.8. The van der Waals surface area contributed by atoms with E-state index in [1.807, 2.05) is 31.2 Å². The summed E-state index contributed by atoms with van der Waals surface area (Å²) < 4.78 is 11.2. The van der Waals surface area contributed by atoms with Crippen LogP contribution in [0.3, 0.4) is 0 Å². The predicted molar refractivity (Wildman–Crippen MR) is 106 cm³/mol. The molecule has 1 N–H and O–H groups in total. The van der Waals surface area contributed by atoms with E-state index in [9.17, 15) is 9.59 Å². The van der Waals surface area contributed by atoms with Crippen molar-refractivity contribution in [3.8, 4) is 5.75 Å². The van der Waals surface area contributed by atoms with Gasteiger partial charge in [0.05, 0.1) is 12.7 Å². The average Bonchev–Trinajstić information content (AvgIpc) is 3.20. The number of allylic oxidation sites excluding steroid dienone is 3. The molecule has 0 spiro atoms. The van der Waals surface area contributed by atoms with Gasteiger partial charge in [-0.2, -0.15) is 0 Å². The number of Topliss-reactive ketones (excluding diaryl/α,β-unsaturated/α-hetero) is 1. The van der Waals surface area contributed by atoms with Crippen molar-refractivity contribution in [3.05, 3.63) is 52.4 Å². The maximum absolute atomic E-state index is 13.2. The molecule has 1 atom stereocenters. The van der Waals surface area contributed by atoms with Crippen LogP contribution < -0.4 is 10.1 Å². The second kappa shape index (κ2) is 7.82. The fourth-order valence-corrected chi connectivity index (χ4v) is 4.63. The summed E-state index contributed by atoms with van der Waals surface area (Å²) in [5.41, 5.74) is 3.88. The average molecular weight is 381 g/mol. The number of methoxy groups -OCH3 is 1. The first kappa shape index (κ1) is 18.8. The van der Waals surface area contributed by atoms with Gasteiger partial charge in [-0.15, -0.1) is 0 Å². The Morgan fingerprint density at radius 1 is 1.14 bits per heavy atom. The number of carbonyl (C=O) groups is 2. The van der Waals surface area contributed by atoms with Crippen molar-refractivity contribution in [3.63, 3.8) is 0 Å². The zero-order valence-corrected chi connectivity index (χ0v) is 16.5. The summed E-state index contributed by atoms with van der Waals surface area (Å²) in [6, 6.07) is 7.65. The van der Waals surface area contributed by atoms with Gasteiger partial charge >= 0.3 is 5.97 Å². The summed E-state index contributed by atoms with van der Waals surface area (Å²) in [4.78, 5) is 26.1.